The molecule has 0 aliphatic heterocycles. The predicted octanol–water partition coefficient (Wildman–Crippen LogP) is 2.34. The lowest BCUT2D eigenvalue weighted by Crippen LogP contribution is -2.32. The molecule has 0 radical (unpaired) electrons. The second-order valence-electron chi connectivity index (χ2n) is 6.23. The number of carbonyl (C=O) groups is 1. The van der Waals surface area contributed by atoms with Gasteiger partial charge in [-0.05, 0) is 48.4 Å². The van der Waals surface area contributed by atoms with Crippen LogP contribution in [0, 0.1) is 0 Å². The van der Waals surface area contributed by atoms with Gasteiger partial charge in [0.15, 0.2) is 5.65 Å². The van der Waals surface area contributed by atoms with Crippen molar-refractivity contribution in [2.24, 2.45) is 0 Å². The van der Waals surface area contributed by atoms with Crippen LogP contribution in [-0.2, 0) is 4.74 Å². The van der Waals surface area contributed by atoms with Crippen molar-refractivity contribution in [3.63, 3.8) is 0 Å². The van der Waals surface area contributed by atoms with Gasteiger partial charge in [-0.3, -0.25) is 4.79 Å². The lowest BCUT2D eigenvalue weighted by Gasteiger charge is -2.11. The van der Waals surface area contributed by atoms with Gasteiger partial charge in [-0.1, -0.05) is 0 Å². The number of methoxy groups -OCH3 is 1. The Labute approximate surface area is 148 Å². The van der Waals surface area contributed by atoms with Crippen LogP contribution in [0.3, 0.4) is 0 Å². The Morgan fingerprint density at radius 2 is 2.28 bits per heavy atom. The Balaban J connectivity index is 1.49. The van der Waals surface area contributed by atoms with Crippen LogP contribution in [0.5, 0.6) is 0 Å². The van der Waals surface area contributed by atoms with Crippen molar-refractivity contribution in [1.82, 2.24) is 19.9 Å². The molecule has 1 aliphatic carbocycles. The molecule has 3 N–H and O–H groups in total. The van der Waals surface area contributed by atoms with E-state index in [1.54, 1.807) is 11.6 Å². The highest BCUT2D eigenvalue weighted by atomic mass is 32.1. The first kappa shape index (κ1) is 16.0. The SMILES string of the molecule is COC1CCC(NC(=O)c2cc(-c3ccc4nc(N)nn4c3)cs2)C1. The molecule has 1 saturated carbocycles. The molecular formula is C17H19N5O2S. The molecule has 2 atom stereocenters. The van der Waals surface area contributed by atoms with E-state index in [4.69, 9.17) is 10.5 Å². The molecule has 0 bridgehead atoms. The van der Waals surface area contributed by atoms with Gasteiger partial charge in [0.25, 0.3) is 5.91 Å². The van der Waals surface area contributed by atoms with Gasteiger partial charge in [0.05, 0.1) is 11.0 Å². The molecule has 130 valence electrons. The Hall–Kier alpha value is -2.45. The minimum Gasteiger partial charge on any atom is -0.381 e. The summed E-state index contributed by atoms with van der Waals surface area (Å²) in [4.78, 5) is 17.3. The Kier molecular flexibility index (Phi) is 4.14. The first-order valence-electron chi connectivity index (χ1n) is 8.17. The molecule has 0 saturated heterocycles. The number of fused-ring (bicyclic) bond motifs is 1. The van der Waals surface area contributed by atoms with Gasteiger partial charge < -0.3 is 15.8 Å². The summed E-state index contributed by atoms with van der Waals surface area (Å²) in [5.41, 5.74) is 8.26. The van der Waals surface area contributed by atoms with Crippen molar-refractivity contribution in [1.29, 1.82) is 0 Å². The molecule has 25 heavy (non-hydrogen) atoms. The summed E-state index contributed by atoms with van der Waals surface area (Å²) in [5, 5.41) is 9.20. The number of ether oxygens (including phenoxy) is 1. The fraction of sp³-hybridized carbons (Fsp3) is 0.353. The maximum absolute atomic E-state index is 12.5. The van der Waals surface area contributed by atoms with E-state index < -0.39 is 0 Å². The molecule has 4 rings (SSSR count). The van der Waals surface area contributed by atoms with Crippen LogP contribution in [0.25, 0.3) is 16.8 Å². The van der Waals surface area contributed by atoms with Gasteiger partial charge in [0, 0.05) is 24.9 Å². The maximum Gasteiger partial charge on any atom is 0.261 e. The second kappa shape index (κ2) is 6.45. The van der Waals surface area contributed by atoms with Crippen LogP contribution in [0.1, 0.15) is 28.9 Å². The highest BCUT2D eigenvalue weighted by Gasteiger charge is 2.26. The number of nitrogens with two attached hydrogens (primary N) is 1. The molecule has 3 aromatic rings. The number of pyridine rings is 1. The summed E-state index contributed by atoms with van der Waals surface area (Å²) in [5.74, 6) is 0.220. The maximum atomic E-state index is 12.5. The molecule has 7 nitrogen and oxygen atoms in total. The lowest BCUT2D eigenvalue weighted by molar-refractivity contribution is 0.0918. The summed E-state index contributed by atoms with van der Waals surface area (Å²) >= 11 is 1.44. The molecule has 1 fully saturated rings. The van der Waals surface area contributed by atoms with Crippen molar-refractivity contribution in [2.75, 3.05) is 12.8 Å². The zero-order chi connectivity index (χ0) is 17.4. The fourth-order valence-corrected chi connectivity index (χ4v) is 4.04. The summed E-state index contributed by atoms with van der Waals surface area (Å²) in [6.07, 6.45) is 4.96. The molecule has 8 heteroatoms. The molecular weight excluding hydrogens is 338 g/mol. The van der Waals surface area contributed by atoms with Crippen LogP contribution < -0.4 is 11.1 Å². The number of hydrogen-bond acceptors (Lipinski definition) is 6. The third kappa shape index (κ3) is 3.22. The number of carbonyl (C=O) groups excluding carboxylic acids is 1. The van der Waals surface area contributed by atoms with Crippen LogP contribution in [0.4, 0.5) is 5.95 Å². The monoisotopic (exact) mass is 357 g/mol. The van der Waals surface area contributed by atoms with Gasteiger partial charge in [-0.2, -0.15) is 4.98 Å². The first-order valence-corrected chi connectivity index (χ1v) is 9.05. The normalized spacial score (nSPS) is 20.2. The topological polar surface area (TPSA) is 94.5 Å². The largest absolute Gasteiger partial charge is 0.381 e. The number of rotatable bonds is 4. The van der Waals surface area contributed by atoms with E-state index in [1.807, 2.05) is 29.8 Å². The molecule has 3 aromatic heterocycles. The number of nitrogens with one attached hydrogen (secondary N) is 1. The minimum absolute atomic E-state index is 0.0240. The third-order valence-corrected chi connectivity index (χ3v) is 5.49. The van der Waals surface area contributed by atoms with E-state index in [0.29, 0.717) is 10.5 Å². The van der Waals surface area contributed by atoms with Crippen LogP contribution in [0.15, 0.2) is 29.8 Å². The average Bonchev–Trinajstić information content (AvgIpc) is 3.32. The summed E-state index contributed by atoms with van der Waals surface area (Å²) in [6, 6.07) is 5.91. The van der Waals surface area contributed by atoms with E-state index in [2.05, 4.69) is 15.4 Å². The zero-order valence-corrected chi connectivity index (χ0v) is 14.6. The molecule has 1 aliphatic rings. The summed E-state index contributed by atoms with van der Waals surface area (Å²) in [7, 11) is 1.72. The Bertz CT molecular complexity index is 919. The van der Waals surface area contributed by atoms with E-state index in [1.165, 1.54) is 11.3 Å². The molecule has 2 unspecified atom stereocenters. The van der Waals surface area contributed by atoms with Gasteiger partial charge in [0.1, 0.15) is 0 Å². The minimum atomic E-state index is -0.0240. The average molecular weight is 357 g/mol. The van der Waals surface area contributed by atoms with E-state index in [0.717, 1.165) is 30.4 Å². The van der Waals surface area contributed by atoms with Crippen molar-refractivity contribution < 1.29 is 9.53 Å². The Morgan fingerprint density at radius 3 is 3.08 bits per heavy atom. The van der Waals surface area contributed by atoms with E-state index >= 15 is 0 Å². The highest BCUT2D eigenvalue weighted by Crippen LogP contribution is 2.27. The second-order valence-corrected chi connectivity index (χ2v) is 7.14. The molecule has 0 spiro atoms. The van der Waals surface area contributed by atoms with Crippen LogP contribution in [0.2, 0.25) is 0 Å². The zero-order valence-electron chi connectivity index (χ0n) is 13.8. The van der Waals surface area contributed by atoms with Gasteiger partial charge >= 0.3 is 0 Å². The quantitative estimate of drug-likeness (QED) is 0.747. The standard InChI is InChI=1S/C17H19N5O2S/c1-24-13-4-3-12(7-13)19-16(23)14-6-11(9-25-14)10-2-5-15-20-17(18)21-22(15)8-10/h2,5-6,8-9,12-13H,3-4,7H2,1H3,(H2,18,21)(H,19,23). The lowest BCUT2D eigenvalue weighted by atomic mass is 10.1. The van der Waals surface area contributed by atoms with Crippen LogP contribution >= 0.6 is 11.3 Å². The molecule has 0 aromatic carbocycles. The highest BCUT2D eigenvalue weighted by molar-refractivity contribution is 7.12. The summed E-state index contributed by atoms with van der Waals surface area (Å²) < 4.78 is 7.00. The Morgan fingerprint density at radius 1 is 1.40 bits per heavy atom. The molecule has 1 amide bonds. The molecule has 3 heterocycles. The van der Waals surface area contributed by atoms with Crippen molar-refractivity contribution in [3.05, 3.63) is 34.7 Å². The van der Waals surface area contributed by atoms with Gasteiger partial charge in [-0.25, -0.2) is 4.52 Å². The smallest absolute Gasteiger partial charge is 0.261 e. The number of amides is 1. The fourth-order valence-electron chi connectivity index (χ4n) is 3.22. The number of nitrogen functional groups attached to an aromatic ring is 1. The van der Waals surface area contributed by atoms with Crippen molar-refractivity contribution in [2.45, 2.75) is 31.4 Å². The van der Waals surface area contributed by atoms with Crippen molar-refractivity contribution in [3.8, 4) is 11.1 Å². The first-order chi connectivity index (χ1) is 12.1. The number of thiophene rings is 1. The predicted molar refractivity (Wildman–Crippen MR) is 96.6 cm³/mol. The summed E-state index contributed by atoms with van der Waals surface area (Å²) in [6.45, 7) is 0. The van der Waals surface area contributed by atoms with Crippen molar-refractivity contribution >= 4 is 28.8 Å². The van der Waals surface area contributed by atoms with Crippen LogP contribution in [-0.4, -0.2) is 39.8 Å². The van der Waals surface area contributed by atoms with E-state index in [9.17, 15) is 4.79 Å². The number of nitrogens with zero attached hydrogens (tertiary/aromatic N) is 3. The number of hydrogen-bond donors (Lipinski definition) is 2. The van der Waals surface area contributed by atoms with E-state index in [-0.39, 0.29) is 24.0 Å². The third-order valence-electron chi connectivity index (χ3n) is 4.56. The van der Waals surface area contributed by atoms with Gasteiger partial charge in [0.2, 0.25) is 5.95 Å². The number of anilines is 1. The van der Waals surface area contributed by atoms with Gasteiger partial charge in [-0.15, -0.1) is 16.4 Å². The number of aromatic nitrogens is 3.